The highest BCUT2D eigenvalue weighted by Gasteiger charge is 2.37. The molecular weight excluding hydrogens is 262 g/mol. The lowest BCUT2D eigenvalue weighted by Crippen LogP contribution is -2.58. The van der Waals surface area contributed by atoms with Crippen LogP contribution >= 0.6 is 12.4 Å². The Hall–Kier alpha value is -0.320. The number of nitrogens with zero attached hydrogens (tertiary/aromatic N) is 1. The number of carbonyl (C=O) groups excluding carboxylic acids is 1. The first-order chi connectivity index (χ1) is 8.03. The van der Waals surface area contributed by atoms with Crippen LogP contribution in [0.1, 0.15) is 48.0 Å². The van der Waals surface area contributed by atoms with E-state index in [0.717, 1.165) is 19.5 Å². The molecule has 1 aliphatic rings. The third kappa shape index (κ3) is 5.28. The number of hydrogen-bond acceptors (Lipinski definition) is 3. The summed E-state index contributed by atoms with van der Waals surface area (Å²) in [7, 11) is 0. The summed E-state index contributed by atoms with van der Waals surface area (Å²) >= 11 is 0. The highest BCUT2D eigenvalue weighted by molar-refractivity contribution is 5.85. The minimum atomic E-state index is -0.174. The number of nitrogens with two attached hydrogens (primary N) is 1. The zero-order valence-electron chi connectivity index (χ0n) is 13.1. The molecule has 1 fully saturated rings. The predicted octanol–water partition coefficient (Wildman–Crippen LogP) is 1.77. The van der Waals surface area contributed by atoms with Gasteiger partial charge in [-0.1, -0.05) is 13.8 Å². The van der Waals surface area contributed by atoms with Crippen LogP contribution in [0.5, 0.6) is 0 Å². The van der Waals surface area contributed by atoms with E-state index >= 15 is 0 Å². The zero-order chi connectivity index (χ0) is 14.1. The van der Waals surface area contributed by atoms with Crippen molar-refractivity contribution in [3.8, 4) is 0 Å². The third-order valence-corrected chi connectivity index (χ3v) is 3.77. The lowest BCUT2D eigenvalue weighted by atomic mass is 9.79. The summed E-state index contributed by atoms with van der Waals surface area (Å²) in [4.78, 5) is 14.4. The average molecular weight is 292 g/mol. The van der Waals surface area contributed by atoms with Gasteiger partial charge in [0.05, 0.1) is 6.04 Å². The standard InChI is InChI=1S/C14H29N3O.ClH/c1-10(12(18)16-13(2,3)4)17-8-7-11(15)14(5,6)9-17;/h10-11H,7-9,15H2,1-6H3,(H,16,18);1H. The van der Waals surface area contributed by atoms with Crippen LogP contribution < -0.4 is 11.1 Å². The molecule has 2 atom stereocenters. The van der Waals surface area contributed by atoms with Gasteiger partial charge in [-0.15, -0.1) is 12.4 Å². The summed E-state index contributed by atoms with van der Waals surface area (Å²) in [6, 6.07) is 0.141. The molecule has 1 saturated heterocycles. The van der Waals surface area contributed by atoms with Gasteiger partial charge in [0.2, 0.25) is 5.91 Å². The zero-order valence-corrected chi connectivity index (χ0v) is 13.9. The molecule has 114 valence electrons. The highest BCUT2D eigenvalue weighted by Crippen LogP contribution is 2.28. The molecule has 0 radical (unpaired) electrons. The number of likely N-dealkylation sites (tertiary alicyclic amines) is 1. The van der Waals surface area contributed by atoms with Crippen molar-refractivity contribution in [1.82, 2.24) is 10.2 Å². The number of carbonyl (C=O) groups is 1. The summed E-state index contributed by atoms with van der Waals surface area (Å²) in [6.07, 6.45) is 0.958. The van der Waals surface area contributed by atoms with E-state index in [2.05, 4.69) is 24.1 Å². The summed E-state index contributed by atoms with van der Waals surface area (Å²) in [5, 5.41) is 3.04. The van der Waals surface area contributed by atoms with Gasteiger partial charge in [0.1, 0.15) is 0 Å². The second kappa shape index (κ2) is 6.42. The van der Waals surface area contributed by atoms with Gasteiger partial charge >= 0.3 is 0 Å². The van der Waals surface area contributed by atoms with E-state index in [4.69, 9.17) is 5.73 Å². The molecular formula is C14H30ClN3O. The molecule has 0 bridgehead atoms. The maximum absolute atomic E-state index is 12.2. The molecule has 0 spiro atoms. The van der Waals surface area contributed by atoms with E-state index in [1.807, 2.05) is 27.7 Å². The van der Waals surface area contributed by atoms with Gasteiger partial charge in [-0.25, -0.2) is 0 Å². The first-order valence-corrected chi connectivity index (χ1v) is 6.84. The molecule has 0 aliphatic carbocycles. The van der Waals surface area contributed by atoms with E-state index in [1.165, 1.54) is 0 Å². The Morgan fingerprint density at radius 2 is 1.95 bits per heavy atom. The summed E-state index contributed by atoms with van der Waals surface area (Å²) in [6.45, 7) is 14.1. The summed E-state index contributed by atoms with van der Waals surface area (Å²) < 4.78 is 0. The molecule has 1 rings (SSSR count). The molecule has 5 heteroatoms. The fourth-order valence-electron chi connectivity index (χ4n) is 2.39. The van der Waals surface area contributed by atoms with Crippen LogP contribution in [0.15, 0.2) is 0 Å². The first kappa shape index (κ1) is 18.7. The van der Waals surface area contributed by atoms with Crippen molar-refractivity contribution in [3.05, 3.63) is 0 Å². The van der Waals surface area contributed by atoms with Crippen molar-refractivity contribution in [3.63, 3.8) is 0 Å². The van der Waals surface area contributed by atoms with Gasteiger partial charge in [-0.05, 0) is 39.5 Å². The van der Waals surface area contributed by atoms with Crippen molar-refractivity contribution >= 4 is 18.3 Å². The fraction of sp³-hybridized carbons (Fsp3) is 0.929. The van der Waals surface area contributed by atoms with E-state index in [9.17, 15) is 4.79 Å². The molecule has 2 unspecified atom stereocenters. The molecule has 3 N–H and O–H groups in total. The van der Waals surface area contributed by atoms with Crippen molar-refractivity contribution in [2.75, 3.05) is 13.1 Å². The Balaban J connectivity index is 0.00000324. The van der Waals surface area contributed by atoms with Crippen molar-refractivity contribution in [2.24, 2.45) is 11.1 Å². The molecule has 0 aromatic rings. The highest BCUT2D eigenvalue weighted by atomic mass is 35.5. The lowest BCUT2D eigenvalue weighted by Gasteiger charge is -2.44. The molecule has 1 amide bonds. The number of hydrogen-bond donors (Lipinski definition) is 2. The normalized spacial score (nSPS) is 25.3. The predicted molar refractivity (Wildman–Crippen MR) is 82.6 cm³/mol. The average Bonchev–Trinajstić information content (AvgIpc) is 2.18. The van der Waals surface area contributed by atoms with Crippen molar-refractivity contribution < 1.29 is 4.79 Å². The van der Waals surface area contributed by atoms with Crippen LogP contribution in [0, 0.1) is 5.41 Å². The molecule has 0 aromatic heterocycles. The first-order valence-electron chi connectivity index (χ1n) is 6.84. The molecule has 19 heavy (non-hydrogen) atoms. The number of amides is 1. The van der Waals surface area contributed by atoms with Gasteiger partial charge in [0, 0.05) is 24.7 Å². The minimum absolute atomic E-state index is 0. The second-order valence-electron chi connectivity index (χ2n) is 7.27. The van der Waals surface area contributed by atoms with E-state index in [1.54, 1.807) is 0 Å². The van der Waals surface area contributed by atoms with E-state index in [0.29, 0.717) is 0 Å². The van der Waals surface area contributed by atoms with Crippen LogP contribution in [-0.2, 0) is 4.79 Å². The molecule has 1 aliphatic heterocycles. The van der Waals surface area contributed by atoms with Gasteiger partial charge in [0.25, 0.3) is 0 Å². The Morgan fingerprint density at radius 1 is 1.42 bits per heavy atom. The molecule has 0 aromatic carbocycles. The number of nitrogens with one attached hydrogen (secondary N) is 1. The quantitative estimate of drug-likeness (QED) is 0.815. The Morgan fingerprint density at radius 3 is 2.37 bits per heavy atom. The SMILES string of the molecule is CC(C(=O)NC(C)(C)C)N1CCC(N)C(C)(C)C1.Cl. The Kier molecular flexibility index (Phi) is 6.31. The molecule has 4 nitrogen and oxygen atoms in total. The van der Waals surface area contributed by atoms with Gasteiger partial charge in [0.15, 0.2) is 0 Å². The largest absolute Gasteiger partial charge is 0.350 e. The van der Waals surface area contributed by atoms with Gasteiger partial charge in [-0.2, -0.15) is 0 Å². The molecule has 0 saturated carbocycles. The fourth-order valence-corrected chi connectivity index (χ4v) is 2.39. The topological polar surface area (TPSA) is 58.4 Å². The van der Waals surface area contributed by atoms with Crippen LogP contribution in [0.2, 0.25) is 0 Å². The van der Waals surface area contributed by atoms with Crippen molar-refractivity contribution in [1.29, 1.82) is 0 Å². The van der Waals surface area contributed by atoms with Gasteiger partial charge in [-0.3, -0.25) is 9.69 Å². The van der Waals surface area contributed by atoms with Crippen LogP contribution in [0.25, 0.3) is 0 Å². The maximum atomic E-state index is 12.2. The molecule has 1 heterocycles. The van der Waals surface area contributed by atoms with E-state index < -0.39 is 0 Å². The smallest absolute Gasteiger partial charge is 0.237 e. The Labute approximate surface area is 123 Å². The van der Waals surface area contributed by atoms with Crippen molar-refractivity contribution in [2.45, 2.75) is 65.6 Å². The summed E-state index contributed by atoms with van der Waals surface area (Å²) in [5.74, 6) is 0.105. The number of rotatable bonds is 2. The van der Waals surface area contributed by atoms with Crippen LogP contribution in [0.3, 0.4) is 0 Å². The van der Waals surface area contributed by atoms with E-state index in [-0.39, 0.29) is 41.4 Å². The Bertz CT molecular complexity index is 312. The van der Waals surface area contributed by atoms with Crippen LogP contribution in [0.4, 0.5) is 0 Å². The summed E-state index contributed by atoms with van der Waals surface area (Å²) in [5.41, 5.74) is 6.03. The van der Waals surface area contributed by atoms with Crippen LogP contribution in [-0.4, -0.2) is 41.5 Å². The minimum Gasteiger partial charge on any atom is -0.350 e. The number of piperidine rings is 1. The maximum Gasteiger partial charge on any atom is 0.237 e. The monoisotopic (exact) mass is 291 g/mol. The third-order valence-electron chi connectivity index (χ3n) is 3.77. The second-order valence-corrected chi connectivity index (χ2v) is 7.27. The number of halogens is 1. The van der Waals surface area contributed by atoms with Gasteiger partial charge < -0.3 is 11.1 Å². The lowest BCUT2D eigenvalue weighted by molar-refractivity contribution is -0.128.